The quantitative estimate of drug-likeness (QED) is 0.642. The topological polar surface area (TPSA) is 63.0 Å². The molecule has 3 aromatic heterocycles. The number of nitrogens with zero attached hydrogens (tertiary/aromatic N) is 3. The maximum absolute atomic E-state index is 11.5. The van der Waals surface area contributed by atoms with Crippen LogP contribution < -0.4 is 5.56 Å². The minimum atomic E-state index is -0.262. The summed E-state index contributed by atoms with van der Waals surface area (Å²) in [6.45, 7) is 1.92. The Kier molecular flexibility index (Phi) is 1.79. The van der Waals surface area contributed by atoms with Crippen LogP contribution in [0.4, 0.5) is 0 Å². The van der Waals surface area contributed by atoms with Crippen LogP contribution in [0.1, 0.15) is 5.56 Å². The second kappa shape index (κ2) is 3.05. The van der Waals surface area contributed by atoms with Crippen LogP contribution in [0.15, 0.2) is 23.4 Å². The summed E-state index contributed by atoms with van der Waals surface area (Å²) in [5.41, 5.74) is 2.09. The summed E-state index contributed by atoms with van der Waals surface area (Å²) < 4.78 is 1.72. The fourth-order valence-corrected chi connectivity index (χ4v) is 2.02. The number of fused-ring (bicyclic) bond motifs is 3. The lowest BCUT2D eigenvalue weighted by Crippen LogP contribution is -2.06. The number of hydrogen-bond donors (Lipinski definition) is 1. The summed E-state index contributed by atoms with van der Waals surface area (Å²) in [4.78, 5) is 22.3. The number of imidazole rings is 1. The molecule has 1 N–H and O–H groups in total. The molecule has 5 nitrogen and oxygen atoms in total. The van der Waals surface area contributed by atoms with E-state index in [0.29, 0.717) is 21.8 Å². The second-order valence-electron chi connectivity index (χ2n) is 3.57. The van der Waals surface area contributed by atoms with E-state index in [4.69, 9.17) is 11.6 Å². The number of nitrogens with one attached hydrogen (secondary N) is 1. The van der Waals surface area contributed by atoms with Crippen molar-refractivity contribution in [3.05, 3.63) is 39.5 Å². The Morgan fingerprint density at radius 2 is 2.25 bits per heavy atom. The highest BCUT2D eigenvalue weighted by Gasteiger charge is 2.11. The van der Waals surface area contributed by atoms with Gasteiger partial charge in [0.15, 0.2) is 16.8 Å². The molecule has 80 valence electrons. The molecule has 0 saturated heterocycles. The second-order valence-corrected chi connectivity index (χ2v) is 3.98. The van der Waals surface area contributed by atoms with E-state index in [2.05, 4.69) is 15.0 Å². The zero-order valence-corrected chi connectivity index (χ0v) is 9.12. The van der Waals surface area contributed by atoms with Gasteiger partial charge in [0.2, 0.25) is 0 Å². The molecule has 3 rings (SSSR count). The van der Waals surface area contributed by atoms with E-state index >= 15 is 0 Å². The zero-order chi connectivity index (χ0) is 11.3. The number of halogens is 1. The van der Waals surface area contributed by atoms with E-state index in [-0.39, 0.29) is 5.56 Å². The van der Waals surface area contributed by atoms with Gasteiger partial charge in [-0.25, -0.2) is 9.97 Å². The molecule has 0 aliphatic carbocycles. The molecule has 3 aromatic rings. The molecule has 0 unspecified atom stereocenters. The van der Waals surface area contributed by atoms with Gasteiger partial charge in [0.05, 0.1) is 11.3 Å². The molecule has 0 radical (unpaired) electrons. The first kappa shape index (κ1) is 9.35. The normalized spacial score (nSPS) is 11.4. The predicted octanol–water partition coefficient (Wildman–Crippen LogP) is 1.53. The molecule has 16 heavy (non-hydrogen) atoms. The molecular weight excluding hydrogens is 228 g/mol. The van der Waals surface area contributed by atoms with Gasteiger partial charge in [-0.1, -0.05) is 11.6 Å². The van der Waals surface area contributed by atoms with Crippen molar-refractivity contribution in [2.75, 3.05) is 0 Å². The number of aromatic amines is 1. The highest BCUT2D eigenvalue weighted by molar-refractivity contribution is 6.33. The summed E-state index contributed by atoms with van der Waals surface area (Å²) in [6, 6.07) is 1.80. The minimum Gasteiger partial charge on any atom is -0.311 e. The van der Waals surface area contributed by atoms with Crippen molar-refractivity contribution < 1.29 is 0 Å². The standard InChI is InChI=1S/C10H7ClN4O/c1-5-2-6(11)8-14-7-9(15(8)3-5)12-4-13-10(7)16/h2-4H,1H3,(H,12,13,16). The monoisotopic (exact) mass is 234 g/mol. The fourth-order valence-electron chi connectivity index (χ4n) is 1.72. The number of H-pyrrole nitrogens is 1. The zero-order valence-electron chi connectivity index (χ0n) is 8.36. The minimum absolute atomic E-state index is 0.262. The first-order valence-electron chi connectivity index (χ1n) is 4.68. The van der Waals surface area contributed by atoms with Gasteiger partial charge >= 0.3 is 0 Å². The molecule has 3 heterocycles. The highest BCUT2D eigenvalue weighted by atomic mass is 35.5. The van der Waals surface area contributed by atoms with Crippen LogP contribution >= 0.6 is 11.6 Å². The van der Waals surface area contributed by atoms with Gasteiger partial charge in [-0.15, -0.1) is 0 Å². The van der Waals surface area contributed by atoms with Crippen molar-refractivity contribution in [2.45, 2.75) is 6.92 Å². The molecule has 0 fully saturated rings. The number of aryl methyl sites for hydroxylation is 1. The number of pyridine rings is 1. The van der Waals surface area contributed by atoms with Gasteiger partial charge in [0, 0.05) is 6.20 Å². The Balaban J connectivity index is 2.66. The van der Waals surface area contributed by atoms with Crippen LogP contribution in [0.5, 0.6) is 0 Å². The van der Waals surface area contributed by atoms with Crippen LogP contribution in [0, 0.1) is 6.92 Å². The average molecular weight is 235 g/mol. The largest absolute Gasteiger partial charge is 0.311 e. The first-order chi connectivity index (χ1) is 7.66. The van der Waals surface area contributed by atoms with Gasteiger partial charge < -0.3 is 4.98 Å². The summed E-state index contributed by atoms with van der Waals surface area (Å²) in [6.07, 6.45) is 3.21. The molecular formula is C10H7ClN4O. The summed E-state index contributed by atoms with van der Waals surface area (Å²) in [5, 5.41) is 0.511. The lowest BCUT2D eigenvalue weighted by Gasteiger charge is -1.98. The molecule has 0 amide bonds. The van der Waals surface area contributed by atoms with Gasteiger partial charge in [-0.05, 0) is 18.6 Å². The molecule has 0 bridgehead atoms. The smallest absolute Gasteiger partial charge is 0.278 e. The number of hydrogen-bond acceptors (Lipinski definition) is 3. The molecule has 0 spiro atoms. The molecule has 0 saturated carbocycles. The van der Waals surface area contributed by atoms with Crippen molar-refractivity contribution in [1.29, 1.82) is 0 Å². The summed E-state index contributed by atoms with van der Waals surface area (Å²) >= 11 is 6.06. The van der Waals surface area contributed by atoms with E-state index in [9.17, 15) is 4.79 Å². The summed E-state index contributed by atoms with van der Waals surface area (Å²) in [5.74, 6) is 0. The van der Waals surface area contributed by atoms with Crippen molar-refractivity contribution in [3.8, 4) is 0 Å². The third-order valence-electron chi connectivity index (χ3n) is 2.38. The SMILES string of the molecule is Cc1cc(Cl)c2nc3c(=O)[nH]cnc3n2c1. The van der Waals surface area contributed by atoms with Crippen molar-refractivity contribution >= 4 is 28.4 Å². The van der Waals surface area contributed by atoms with E-state index in [0.717, 1.165) is 5.56 Å². The van der Waals surface area contributed by atoms with E-state index < -0.39 is 0 Å². The van der Waals surface area contributed by atoms with Gasteiger partial charge in [-0.2, -0.15) is 0 Å². The van der Waals surface area contributed by atoms with Crippen molar-refractivity contribution in [3.63, 3.8) is 0 Å². The molecule has 0 aliphatic rings. The third kappa shape index (κ3) is 1.15. The van der Waals surface area contributed by atoms with Crippen LogP contribution in [0.2, 0.25) is 5.02 Å². The van der Waals surface area contributed by atoms with Gasteiger partial charge in [0.25, 0.3) is 5.56 Å². The Hall–Kier alpha value is -1.88. The maximum Gasteiger partial charge on any atom is 0.278 e. The lowest BCUT2D eigenvalue weighted by molar-refractivity contribution is 1.11. The van der Waals surface area contributed by atoms with Gasteiger partial charge in [-0.3, -0.25) is 9.20 Å². The molecule has 6 heteroatoms. The number of aromatic nitrogens is 4. The van der Waals surface area contributed by atoms with E-state index in [1.165, 1.54) is 6.33 Å². The Morgan fingerprint density at radius 1 is 1.44 bits per heavy atom. The molecule has 0 atom stereocenters. The number of rotatable bonds is 0. The lowest BCUT2D eigenvalue weighted by atomic mass is 10.3. The van der Waals surface area contributed by atoms with Crippen LogP contribution in [0.3, 0.4) is 0 Å². The fraction of sp³-hybridized carbons (Fsp3) is 0.100. The van der Waals surface area contributed by atoms with Crippen LogP contribution in [-0.4, -0.2) is 19.4 Å². The van der Waals surface area contributed by atoms with Crippen molar-refractivity contribution in [2.24, 2.45) is 0 Å². The van der Waals surface area contributed by atoms with Crippen LogP contribution in [0.25, 0.3) is 16.8 Å². The molecule has 0 aromatic carbocycles. The Labute approximate surface area is 94.7 Å². The highest BCUT2D eigenvalue weighted by Crippen LogP contribution is 2.20. The first-order valence-corrected chi connectivity index (χ1v) is 5.06. The summed E-state index contributed by atoms with van der Waals surface area (Å²) in [7, 11) is 0. The third-order valence-corrected chi connectivity index (χ3v) is 2.66. The van der Waals surface area contributed by atoms with E-state index in [1.807, 2.05) is 13.1 Å². The average Bonchev–Trinajstić information content (AvgIpc) is 2.59. The molecule has 0 aliphatic heterocycles. The van der Waals surface area contributed by atoms with Gasteiger partial charge in [0.1, 0.15) is 0 Å². The van der Waals surface area contributed by atoms with Crippen molar-refractivity contribution in [1.82, 2.24) is 19.4 Å². The Bertz CT molecular complexity index is 758. The van der Waals surface area contributed by atoms with E-state index in [1.54, 1.807) is 10.5 Å². The Morgan fingerprint density at radius 3 is 3.06 bits per heavy atom. The van der Waals surface area contributed by atoms with Crippen LogP contribution in [-0.2, 0) is 0 Å². The predicted molar refractivity (Wildman–Crippen MR) is 60.9 cm³/mol. The maximum atomic E-state index is 11.5.